The Morgan fingerprint density at radius 1 is 1.11 bits per heavy atom. The Labute approximate surface area is 115 Å². The van der Waals surface area contributed by atoms with Gasteiger partial charge in [0.05, 0.1) is 6.61 Å². The van der Waals surface area contributed by atoms with E-state index in [1.165, 1.54) is 5.56 Å². The van der Waals surface area contributed by atoms with E-state index < -0.39 is 11.9 Å². The number of ketones is 1. The zero-order valence-corrected chi connectivity index (χ0v) is 12.1. The monoisotopic (exact) mass is 262 g/mol. The van der Waals surface area contributed by atoms with E-state index in [1.54, 1.807) is 19.1 Å². The summed E-state index contributed by atoms with van der Waals surface area (Å²) in [6.07, 6.45) is 0.462. The molecule has 0 saturated carbocycles. The molecule has 0 radical (unpaired) electrons. The first-order valence-electron chi connectivity index (χ1n) is 6.82. The standard InChI is InChI=1S/C16H22O3/c1-5-14(16(18)19-6-2)15(17)13-9-7-12(8-10-13)11(3)4/h7-11,14H,5-6H2,1-4H3. The molecule has 3 nitrogen and oxygen atoms in total. The van der Waals surface area contributed by atoms with Crippen LogP contribution in [0.1, 0.15) is 56.0 Å². The molecule has 0 bridgehead atoms. The molecule has 1 atom stereocenters. The van der Waals surface area contributed by atoms with Crippen LogP contribution >= 0.6 is 0 Å². The highest BCUT2D eigenvalue weighted by atomic mass is 16.5. The van der Waals surface area contributed by atoms with Crippen LogP contribution in [0.3, 0.4) is 0 Å². The Morgan fingerprint density at radius 2 is 1.68 bits per heavy atom. The Kier molecular flexibility index (Phi) is 5.74. The van der Waals surface area contributed by atoms with Gasteiger partial charge < -0.3 is 4.74 Å². The van der Waals surface area contributed by atoms with Gasteiger partial charge in [-0.2, -0.15) is 0 Å². The van der Waals surface area contributed by atoms with Crippen molar-refractivity contribution in [1.29, 1.82) is 0 Å². The molecule has 0 heterocycles. The van der Waals surface area contributed by atoms with Crippen molar-refractivity contribution >= 4 is 11.8 Å². The van der Waals surface area contributed by atoms with Crippen molar-refractivity contribution < 1.29 is 14.3 Å². The molecule has 1 aromatic rings. The number of carbonyl (C=O) groups excluding carboxylic acids is 2. The van der Waals surface area contributed by atoms with Crippen LogP contribution in [0.4, 0.5) is 0 Å². The highest BCUT2D eigenvalue weighted by molar-refractivity contribution is 6.08. The van der Waals surface area contributed by atoms with E-state index in [2.05, 4.69) is 13.8 Å². The first kappa shape index (κ1) is 15.4. The highest BCUT2D eigenvalue weighted by Crippen LogP contribution is 2.18. The summed E-state index contributed by atoms with van der Waals surface area (Å²) in [7, 11) is 0. The zero-order chi connectivity index (χ0) is 14.4. The minimum absolute atomic E-state index is 0.156. The molecule has 1 rings (SSSR count). The summed E-state index contributed by atoms with van der Waals surface area (Å²) in [5, 5.41) is 0. The van der Waals surface area contributed by atoms with Crippen molar-refractivity contribution in [2.45, 2.75) is 40.0 Å². The smallest absolute Gasteiger partial charge is 0.316 e. The van der Waals surface area contributed by atoms with Crippen LogP contribution in [-0.4, -0.2) is 18.4 Å². The third-order valence-corrected chi connectivity index (χ3v) is 3.16. The highest BCUT2D eigenvalue weighted by Gasteiger charge is 2.26. The minimum atomic E-state index is -0.690. The Balaban J connectivity index is 2.88. The molecule has 0 spiro atoms. The van der Waals surface area contributed by atoms with E-state index in [0.29, 0.717) is 24.5 Å². The molecule has 0 aromatic heterocycles. The van der Waals surface area contributed by atoms with E-state index >= 15 is 0 Å². The van der Waals surface area contributed by atoms with Crippen LogP contribution in [0.2, 0.25) is 0 Å². The SMILES string of the molecule is CCOC(=O)C(CC)C(=O)c1ccc(C(C)C)cc1. The third kappa shape index (κ3) is 3.91. The fourth-order valence-corrected chi connectivity index (χ4v) is 1.94. The maximum absolute atomic E-state index is 12.3. The van der Waals surface area contributed by atoms with Crippen LogP contribution in [-0.2, 0) is 9.53 Å². The van der Waals surface area contributed by atoms with Gasteiger partial charge in [0.1, 0.15) is 5.92 Å². The number of Topliss-reactive ketones (excluding diaryl/α,β-unsaturated/α-hetero) is 1. The molecule has 0 aliphatic rings. The summed E-state index contributed by atoms with van der Waals surface area (Å²) in [6, 6.07) is 7.46. The van der Waals surface area contributed by atoms with Gasteiger partial charge in [0, 0.05) is 5.56 Å². The van der Waals surface area contributed by atoms with Gasteiger partial charge in [-0.05, 0) is 24.8 Å². The number of benzene rings is 1. The second-order valence-electron chi connectivity index (χ2n) is 4.85. The Morgan fingerprint density at radius 3 is 2.11 bits per heavy atom. The molecule has 1 aromatic carbocycles. The van der Waals surface area contributed by atoms with Gasteiger partial charge in [-0.25, -0.2) is 0 Å². The number of hydrogen-bond acceptors (Lipinski definition) is 3. The normalized spacial score (nSPS) is 12.3. The second kappa shape index (κ2) is 7.07. The van der Waals surface area contributed by atoms with Crippen LogP contribution in [0, 0.1) is 5.92 Å². The van der Waals surface area contributed by atoms with E-state index in [9.17, 15) is 9.59 Å². The predicted molar refractivity (Wildman–Crippen MR) is 75.3 cm³/mol. The van der Waals surface area contributed by atoms with Gasteiger partial charge in [-0.1, -0.05) is 45.0 Å². The Hall–Kier alpha value is -1.64. The zero-order valence-electron chi connectivity index (χ0n) is 12.1. The molecule has 0 amide bonds. The van der Waals surface area contributed by atoms with E-state index in [0.717, 1.165) is 0 Å². The van der Waals surface area contributed by atoms with E-state index in [1.807, 2.05) is 19.1 Å². The molecular weight excluding hydrogens is 240 g/mol. The number of carbonyl (C=O) groups is 2. The van der Waals surface area contributed by atoms with Crippen LogP contribution in [0.15, 0.2) is 24.3 Å². The average molecular weight is 262 g/mol. The second-order valence-corrected chi connectivity index (χ2v) is 4.85. The summed E-state index contributed by atoms with van der Waals surface area (Å²) in [5.74, 6) is -0.847. The minimum Gasteiger partial charge on any atom is -0.465 e. The molecule has 3 heteroatoms. The van der Waals surface area contributed by atoms with Crippen molar-refractivity contribution in [2.24, 2.45) is 5.92 Å². The third-order valence-electron chi connectivity index (χ3n) is 3.16. The first-order valence-corrected chi connectivity index (χ1v) is 6.82. The average Bonchev–Trinajstić information content (AvgIpc) is 2.39. The maximum Gasteiger partial charge on any atom is 0.316 e. The molecule has 19 heavy (non-hydrogen) atoms. The molecule has 0 aliphatic carbocycles. The summed E-state index contributed by atoms with van der Waals surface area (Å²) < 4.78 is 4.94. The van der Waals surface area contributed by atoms with Crippen molar-refractivity contribution in [3.63, 3.8) is 0 Å². The molecule has 0 N–H and O–H groups in total. The van der Waals surface area contributed by atoms with Gasteiger partial charge >= 0.3 is 5.97 Å². The predicted octanol–water partition coefficient (Wildman–Crippen LogP) is 3.58. The van der Waals surface area contributed by atoms with E-state index in [-0.39, 0.29) is 5.78 Å². The fraction of sp³-hybridized carbons (Fsp3) is 0.500. The van der Waals surface area contributed by atoms with Crippen molar-refractivity contribution in [1.82, 2.24) is 0 Å². The lowest BCUT2D eigenvalue weighted by atomic mass is 9.93. The largest absolute Gasteiger partial charge is 0.465 e. The molecule has 104 valence electrons. The quantitative estimate of drug-likeness (QED) is 0.447. The molecule has 0 saturated heterocycles. The molecule has 0 aliphatic heterocycles. The molecule has 0 fully saturated rings. The fourth-order valence-electron chi connectivity index (χ4n) is 1.94. The lowest BCUT2D eigenvalue weighted by Gasteiger charge is -2.13. The van der Waals surface area contributed by atoms with Gasteiger partial charge in [0.25, 0.3) is 0 Å². The summed E-state index contributed by atoms with van der Waals surface area (Å²) in [4.78, 5) is 24.0. The topological polar surface area (TPSA) is 43.4 Å². The van der Waals surface area contributed by atoms with Crippen LogP contribution < -0.4 is 0 Å². The van der Waals surface area contributed by atoms with Gasteiger partial charge in [-0.15, -0.1) is 0 Å². The summed E-state index contributed by atoms with van der Waals surface area (Å²) >= 11 is 0. The van der Waals surface area contributed by atoms with Crippen LogP contribution in [0.25, 0.3) is 0 Å². The van der Waals surface area contributed by atoms with Gasteiger partial charge in [0.2, 0.25) is 0 Å². The summed E-state index contributed by atoms with van der Waals surface area (Å²) in [6.45, 7) is 8.07. The van der Waals surface area contributed by atoms with Crippen molar-refractivity contribution in [2.75, 3.05) is 6.61 Å². The number of esters is 1. The molecule has 1 unspecified atom stereocenters. The first-order chi connectivity index (χ1) is 9.01. The Bertz CT molecular complexity index is 432. The summed E-state index contributed by atoms with van der Waals surface area (Å²) in [5.41, 5.74) is 1.75. The number of hydrogen-bond donors (Lipinski definition) is 0. The van der Waals surface area contributed by atoms with E-state index in [4.69, 9.17) is 4.74 Å². The molecular formula is C16H22O3. The van der Waals surface area contributed by atoms with Gasteiger partial charge in [0.15, 0.2) is 5.78 Å². The van der Waals surface area contributed by atoms with Crippen molar-refractivity contribution in [3.8, 4) is 0 Å². The van der Waals surface area contributed by atoms with Crippen LogP contribution in [0.5, 0.6) is 0 Å². The van der Waals surface area contributed by atoms with Gasteiger partial charge in [-0.3, -0.25) is 9.59 Å². The van der Waals surface area contributed by atoms with Crippen molar-refractivity contribution in [3.05, 3.63) is 35.4 Å². The number of ether oxygens (including phenoxy) is 1. The number of rotatable bonds is 6. The maximum atomic E-state index is 12.3. The lowest BCUT2D eigenvalue weighted by molar-refractivity contribution is -0.146. The lowest BCUT2D eigenvalue weighted by Crippen LogP contribution is -2.25.